The minimum atomic E-state index is 0.0868. The zero-order valence-corrected chi connectivity index (χ0v) is 10.4. The van der Waals surface area contributed by atoms with E-state index in [4.69, 9.17) is 5.73 Å². The number of hydrogen-bond donors (Lipinski definition) is 1. The van der Waals surface area contributed by atoms with Crippen LogP contribution in [0, 0.1) is 6.92 Å². The molecule has 1 atom stereocenters. The van der Waals surface area contributed by atoms with Crippen LogP contribution in [-0.2, 0) is 6.42 Å². The van der Waals surface area contributed by atoms with Crippen molar-refractivity contribution >= 4 is 11.3 Å². The quantitative estimate of drug-likeness (QED) is 0.883. The predicted octanol–water partition coefficient (Wildman–Crippen LogP) is 3.06. The van der Waals surface area contributed by atoms with Gasteiger partial charge in [0.25, 0.3) is 0 Å². The lowest BCUT2D eigenvalue weighted by atomic mass is 10.1. The summed E-state index contributed by atoms with van der Waals surface area (Å²) in [6.07, 6.45) is 2.79. The van der Waals surface area contributed by atoms with Crippen LogP contribution < -0.4 is 5.73 Å². The highest BCUT2D eigenvalue weighted by molar-refractivity contribution is 7.11. The lowest BCUT2D eigenvalue weighted by molar-refractivity contribution is 0.835. The summed E-state index contributed by atoms with van der Waals surface area (Å²) in [7, 11) is 0. The van der Waals surface area contributed by atoms with E-state index in [1.165, 1.54) is 11.1 Å². The summed E-state index contributed by atoms with van der Waals surface area (Å²) in [4.78, 5) is 5.56. The highest BCUT2D eigenvalue weighted by Gasteiger charge is 2.06. The zero-order chi connectivity index (χ0) is 11.5. The second kappa shape index (κ2) is 4.76. The van der Waals surface area contributed by atoms with E-state index in [0.717, 1.165) is 16.3 Å². The van der Waals surface area contributed by atoms with E-state index >= 15 is 0 Å². The minimum Gasteiger partial charge on any atom is -0.323 e. The summed E-state index contributed by atoms with van der Waals surface area (Å²) < 4.78 is 0. The first-order chi connectivity index (χ1) is 7.65. The Hall–Kier alpha value is -1.19. The molecular formula is C13H16N2S. The number of nitrogens with zero attached hydrogens (tertiary/aromatic N) is 1. The van der Waals surface area contributed by atoms with Gasteiger partial charge in [-0.1, -0.05) is 29.8 Å². The first-order valence-corrected chi connectivity index (χ1v) is 6.22. The van der Waals surface area contributed by atoms with Gasteiger partial charge in [0.2, 0.25) is 0 Å². The van der Waals surface area contributed by atoms with Crippen LogP contribution in [-0.4, -0.2) is 4.98 Å². The van der Waals surface area contributed by atoms with Crippen molar-refractivity contribution in [3.05, 3.63) is 51.5 Å². The van der Waals surface area contributed by atoms with Gasteiger partial charge in [0.15, 0.2) is 0 Å². The summed E-state index contributed by atoms with van der Waals surface area (Å²) in [6.45, 7) is 4.10. The van der Waals surface area contributed by atoms with E-state index in [1.54, 1.807) is 11.3 Å². The molecule has 0 spiro atoms. The highest BCUT2D eigenvalue weighted by atomic mass is 32.1. The van der Waals surface area contributed by atoms with Crippen LogP contribution in [0.3, 0.4) is 0 Å². The third-order valence-electron chi connectivity index (χ3n) is 2.46. The number of hydrogen-bond acceptors (Lipinski definition) is 3. The summed E-state index contributed by atoms with van der Waals surface area (Å²) in [5, 5.41) is 1.14. The van der Waals surface area contributed by atoms with Crippen molar-refractivity contribution < 1.29 is 0 Å². The predicted molar refractivity (Wildman–Crippen MR) is 68.7 cm³/mol. The highest BCUT2D eigenvalue weighted by Crippen LogP contribution is 2.21. The average molecular weight is 232 g/mol. The Balaban J connectivity index is 2.14. The Morgan fingerprint density at radius 1 is 1.44 bits per heavy atom. The lowest BCUT2D eigenvalue weighted by Gasteiger charge is -2.00. The van der Waals surface area contributed by atoms with Crippen molar-refractivity contribution in [1.82, 2.24) is 4.98 Å². The molecule has 0 aliphatic rings. The van der Waals surface area contributed by atoms with Gasteiger partial charge in [-0.15, -0.1) is 11.3 Å². The van der Waals surface area contributed by atoms with Gasteiger partial charge >= 0.3 is 0 Å². The Morgan fingerprint density at radius 2 is 2.25 bits per heavy atom. The molecule has 0 fully saturated rings. The molecule has 0 saturated heterocycles. The molecule has 16 heavy (non-hydrogen) atoms. The number of rotatable bonds is 3. The first-order valence-electron chi connectivity index (χ1n) is 5.41. The molecule has 0 saturated carbocycles. The van der Waals surface area contributed by atoms with Crippen LogP contribution in [0.1, 0.15) is 34.0 Å². The van der Waals surface area contributed by atoms with Crippen molar-refractivity contribution in [2.24, 2.45) is 5.73 Å². The third-order valence-corrected chi connectivity index (χ3v) is 3.66. The zero-order valence-electron chi connectivity index (χ0n) is 9.60. The molecule has 2 aromatic rings. The number of aromatic nitrogens is 1. The van der Waals surface area contributed by atoms with Gasteiger partial charge in [-0.3, -0.25) is 0 Å². The Bertz CT molecular complexity index is 474. The van der Waals surface area contributed by atoms with E-state index in [1.807, 2.05) is 13.1 Å². The van der Waals surface area contributed by atoms with Crippen LogP contribution in [0.25, 0.3) is 0 Å². The van der Waals surface area contributed by atoms with Gasteiger partial charge in [-0.25, -0.2) is 4.98 Å². The third kappa shape index (κ3) is 2.68. The molecule has 1 heterocycles. The molecule has 2 N–H and O–H groups in total. The fourth-order valence-corrected chi connectivity index (χ4v) is 2.52. The summed E-state index contributed by atoms with van der Waals surface area (Å²) in [5.41, 5.74) is 8.42. The van der Waals surface area contributed by atoms with Gasteiger partial charge in [-0.05, 0) is 19.4 Å². The maximum atomic E-state index is 5.81. The van der Waals surface area contributed by atoms with Crippen molar-refractivity contribution in [2.75, 3.05) is 0 Å². The van der Waals surface area contributed by atoms with Gasteiger partial charge < -0.3 is 5.73 Å². The van der Waals surface area contributed by atoms with E-state index in [0.29, 0.717) is 0 Å². The largest absolute Gasteiger partial charge is 0.323 e. The van der Waals surface area contributed by atoms with Crippen LogP contribution in [0.4, 0.5) is 0 Å². The second-order valence-electron chi connectivity index (χ2n) is 4.11. The number of nitrogens with two attached hydrogens (primary N) is 1. The molecule has 2 nitrogen and oxygen atoms in total. The fourth-order valence-electron chi connectivity index (χ4n) is 1.61. The molecule has 1 aromatic carbocycles. The average Bonchev–Trinajstić information content (AvgIpc) is 2.66. The fraction of sp³-hybridized carbons (Fsp3) is 0.308. The standard InChI is InChI=1S/C13H16N2S/c1-9-4-3-5-11(6-9)7-13-15-8-12(16-13)10(2)14/h3-6,8,10H,7,14H2,1-2H3. The monoisotopic (exact) mass is 232 g/mol. The van der Waals surface area contributed by atoms with E-state index in [9.17, 15) is 0 Å². The van der Waals surface area contributed by atoms with Crippen molar-refractivity contribution in [1.29, 1.82) is 0 Å². The molecule has 1 aromatic heterocycles. The molecule has 3 heteroatoms. The molecule has 0 aliphatic carbocycles. The van der Waals surface area contributed by atoms with E-state index in [2.05, 4.69) is 36.2 Å². The second-order valence-corrected chi connectivity index (χ2v) is 5.26. The van der Waals surface area contributed by atoms with Gasteiger partial charge in [0, 0.05) is 23.5 Å². The van der Waals surface area contributed by atoms with Crippen LogP contribution in [0.15, 0.2) is 30.5 Å². The number of thiazole rings is 1. The summed E-state index contributed by atoms with van der Waals surface area (Å²) in [6, 6.07) is 8.62. The molecular weight excluding hydrogens is 216 g/mol. The van der Waals surface area contributed by atoms with E-state index < -0.39 is 0 Å². The van der Waals surface area contributed by atoms with Crippen LogP contribution in [0.2, 0.25) is 0 Å². The minimum absolute atomic E-state index is 0.0868. The van der Waals surface area contributed by atoms with Crippen LogP contribution in [0.5, 0.6) is 0 Å². The normalized spacial score (nSPS) is 12.7. The smallest absolute Gasteiger partial charge is 0.0972 e. The lowest BCUT2D eigenvalue weighted by Crippen LogP contribution is -2.01. The van der Waals surface area contributed by atoms with Crippen molar-refractivity contribution in [2.45, 2.75) is 26.3 Å². The Morgan fingerprint density at radius 3 is 2.88 bits per heavy atom. The number of aryl methyl sites for hydroxylation is 1. The molecule has 0 bridgehead atoms. The van der Waals surface area contributed by atoms with E-state index in [-0.39, 0.29) is 6.04 Å². The molecule has 1 unspecified atom stereocenters. The summed E-state index contributed by atoms with van der Waals surface area (Å²) in [5.74, 6) is 0. The summed E-state index contributed by atoms with van der Waals surface area (Å²) >= 11 is 1.71. The molecule has 0 radical (unpaired) electrons. The molecule has 2 rings (SSSR count). The first kappa shape index (κ1) is 11.3. The van der Waals surface area contributed by atoms with Gasteiger partial charge in [0.1, 0.15) is 0 Å². The Kier molecular flexibility index (Phi) is 3.36. The van der Waals surface area contributed by atoms with Gasteiger partial charge in [-0.2, -0.15) is 0 Å². The van der Waals surface area contributed by atoms with Crippen molar-refractivity contribution in [3.8, 4) is 0 Å². The van der Waals surface area contributed by atoms with Gasteiger partial charge in [0.05, 0.1) is 5.01 Å². The number of benzene rings is 1. The maximum absolute atomic E-state index is 5.81. The Labute approximate surface area is 100 Å². The molecule has 0 amide bonds. The van der Waals surface area contributed by atoms with Crippen molar-refractivity contribution in [3.63, 3.8) is 0 Å². The molecule has 84 valence electrons. The SMILES string of the molecule is Cc1cccc(Cc2ncc(C(C)N)s2)c1. The molecule has 0 aliphatic heterocycles. The maximum Gasteiger partial charge on any atom is 0.0972 e. The van der Waals surface area contributed by atoms with Crippen LogP contribution >= 0.6 is 11.3 Å². The topological polar surface area (TPSA) is 38.9 Å².